The molecule has 2 heterocycles. The van der Waals surface area contributed by atoms with E-state index in [0.717, 1.165) is 13.1 Å². The number of anilines is 1. The zero-order valence-electron chi connectivity index (χ0n) is 12.7. The van der Waals surface area contributed by atoms with Gasteiger partial charge in [0, 0.05) is 47.2 Å². The number of pyridine rings is 1. The Morgan fingerprint density at radius 2 is 2.24 bits per heavy atom. The molecule has 0 aromatic carbocycles. The van der Waals surface area contributed by atoms with Crippen LogP contribution in [0.2, 0.25) is 0 Å². The van der Waals surface area contributed by atoms with Crippen LogP contribution in [0.4, 0.5) is 5.69 Å². The summed E-state index contributed by atoms with van der Waals surface area (Å²) in [7, 11) is 0. The van der Waals surface area contributed by atoms with Gasteiger partial charge in [-0.2, -0.15) is 0 Å². The average Bonchev–Trinajstić information content (AvgIpc) is 3.20. The van der Waals surface area contributed by atoms with Gasteiger partial charge in [0.15, 0.2) is 0 Å². The maximum Gasteiger partial charge on any atom is 0.0526 e. The maximum atomic E-state index is 4.32. The molecule has 4 heteroatoms. The highest BCUT2D eigenvalue weighted by Gasteiger charge is 2.30. The van der Waals surface area contributed by atoms with Crippen molar-refractivity contribution in [2.24, 2.45) is 0 Å². The molecule has 2 aromatic rings. The maximum absolute atomic E-state index is 4.32. The smallest absolute Gasteiger partial charge is 0.0526 e. The van der Waals surface area contributed by atoms with E-state index < -0.39 is 0 Å². The second-order valence-corrected chi connectivity index (χ2v) is 7.01. The number of rotatable bonds is 7. The monoisotopic (exact) mass is 301 g/mol. The SMILES string of the molecule is CC(C)NCc1cnccc1N(Cc1cccs1)C1CC1. The van der Waals surface area contributed by atoms with Gasteiger partial charge in [-0.05, 0) is 30.4 Å². The number of aromatic nitrogens is 1. The second-order valence-electron chi connectivity index (χ2n) is 5.98. The van der Waals surface area contributed by atoms with Crippen molar-refractivity contribution in [1.29, 1.82) is 0 Å². The number of nitrogens with one attached hydrogen (secondary N) is 1. The molecule has 3 rings (SSSR count). The normalized spacial score (nSPS) is 14.6. The van der Waals surface area contributed by atoms with Crippen LogP contribution < -0.4 is 10.2 Å². The molecule has 0 amide bonds. The van der Waals surface area contributed by atoms with Crippen molar-refractivity contribution in [2.75, 3.05) is 4.90 Å². The summed E-state index contributed by atoms with van der Waals surface area (Å²) < 4.78 is 0. The summed E-state index contributed by atoms with van der Waals surface area (Å²) in [4.78, 5) is 8.31. The van der Waals surface area contributed by atoms with Crippen molar-refractivity contribution in [2.45, 2.75) is 51.9 Å². The summed E-state index contributed by atoms with van der Waals surface area (Å²) in [5, 5.41) is 5.67. The first-order chi connectivity index (χ1) is 10.2. The fourth-order valence-electron chi connectivity index (χ4n) is 2.52. The molecule has 0 unspecified atom stereocenters. The number of hydrogen-bond donors (Lipinski definition) is 1. The van der Waals surface area contributed by atoms with Crippen LogP contribution in [0.5, 0.6) is 0 Å². The molecule has 0 aliphatic heterocycles. The Morgan fingerprint density at radius 3 is 2.90 bits per heavy atom. The summed E-state index contributed by atoms with van der Waals surface area (Å²) in [5.74, 6) is 0. The first kappa shape index (κ1) is 14.5. The topological polar surface area (TPSA) is 28.2 Å². The lowest BCUT2D eigenvalue weighted by molar-refractivity contribution is 0.586. The van der Waals surface area contributed by atoms with Crippen molar-refractivity contribution in [1.82, 2.24) is 10.3 Å². The summed E-state index contributed by atoms with van der Waals surface area (Å²) in [6, 6.07) is 7.73. The average molecular weight is 301 g/mol. The molecule has 112 valence electrons. The van der Waals surface area contributed by atoms with Crippen LogP contribution in [-0.4, -0.2) is 17.1 Å². The highest BCUT2D eigenvalue weighted by molar-refractivity contribution is 7.09. The molecule has 1 N–H and O–H groups in total. The third-order valence-corrected chi connectivity index (χ3v) is 4.64. The third kappa shape index (κ3) is 3.83. The van der Waals surface area contributed by atoms with Gasteiger partial charge in [-0.3, -0.25) is 4.98 Å². The Kier molecular flexibility index (Phi) is 4.56. The quantitative estimate of drug-likeness (QED) is 0.843. The fraction of sp³-hybridized carbons (Fsp3) is 0.471. The molecular weight excluding hydrogens is 278 g/mol. The van der Waals surface area contributed by atoms with Gasteiger partial charge in [0.2, 0.25) is 0 Å². The fourth-order valence-corrected chi connectivity index (χ4v) is 3.22. The van der Waals surface area contributed by atoms with E-state index in [-0.39, 0.29) is 0 Å². The van der Waals surface area contributed by atoms with Crippen LogP contribution in [0, 0.1) is 0 Å². The first-order valence-corrected chi connectivity index (χ1v) is 8.57. The molecular formula is C17H23N3S. The lowest BCUT2D eigenvalue weighted by Crippen LogP contribution is -2.28. The van der Waals surface area contributed by atoms with Crippen molar-refractivity contribution in [3.8, 4) is 0 Å². The number of nitrogens with zero attached hydrogens (tertiary/aromatic N) is 2. The van der Waals surface area contributed by atoms with Crippen LogP contribution in [0.25, 0.3) is 0 Å². The van der Waals surface area contributed by atoms with E-state index in [0.29, 0.717) is 12.1 Å². The van der Waals surface area contributed by atoms with Crippen molar-refractivity contribution in [3.63, 3.8) is 0 Å². The van der Waals surface area contributed by atoms with Gasteiger partial charge in [-0.15, -0.1) is 11.3 Å². The number of hydrogen-bond acceptors (Lipinski definition) is 4. The van der Waals surface area contributed by atoms with Crippen molar-refractivity contribution >= 4 is 17.0 Å². The molecule has 21 heavy (non-hydrogen) atoms. The van der Waals surface area contributed by atoms with E-state index in [9.17, 15) is 0 Å². The van der Waals surface area contributed by atoms with Gasteiger partial charge >= 0.3 is 0 Å². The van der Waals surface area contributed by atoms with Gasteiger partial charge < -0.3 is 10.2 Å². The van der Waals surface area contributed by atoms with Gasteiger partial charge in [0.05, 0.1) is 6.54 Å². The predicted molar refractivity (Wildman–Crippen MR) is 89.7 cm³/mol. The second kappa shape index (κ2) is 6.58. The van der Waals surface area contributed by atoms with E-state index in [2.05, 4.69) is 52.6 Å². The van der Waals surface area contributed by atoms with Gasteiger partial charge in [-0.25, -0.2) is 0 Å². The van der Waals surface area contributed by atoms with Gasteiger partial charge in [0.1, 0.15) is 0 Å². The van der Waals surface area contributed by atoms with Crippen LogP contribution in [0.15, 0.2) is 36.0 Å². The molecule has 3 nitrogen and oxygen atoms in total. The lowest BCUT2D eigenvalue weighted by atomic mass is 10.2. The summed E-state index contributed by atoms with van der Waals surface area (Å²) in [5.41, 5.74) is 2.64. The Hall–Kier alpha value is -1.39. The summed E-state index contributed by atoms with van der Waals surface area (Å²) >= 11 is 1.84. The van der Waals surface area contributed by atoms with Crippen LogP contribution in [0.3, 0.4) is 0 Å². The minimum absolute atomic E-state index is 0.490. The first-order valence-electron chi connectivity index (χ1n) is 7.69. The molecule has 0 spiro atoms. The predicted octanol–water partition coefficient (Wildman–Crippen LogP) is 3.81. The largest absolute Gasteiger partial charge is 0.363 e. The zero-order valence-corrected chi connectivity index (χ0v) is 13.6. The molecule has 0 saturated heterocycles. The molecule has 0 radical (unpaired) electrons. The van der Waals surface area contributed by atoms with Crippen LogP contribution in [0.1, 0.15) is 37.1 Å². The molecule has 1 fully saturated rings. The molecule has 1 aliphatic carbocycles. The van der Waals surface area contributed by atoms with Gasteiger partial charge in [0.25, 0.3) is 0 Å². The minimum Gasteiger partial charge on any atom is -0.363 e. The lowest BCUT2D eigenvalue weighted by Gasteiger charge is -2.27. The number of thiophene rings is 1. The summed E-state index contributed by atoms with van der Waals surface area (Å²) in [6.45, 7) is 6.26. The Morgan fingerprint density at radius 1 is 1.38 bits per heavy atom. The Bertz CT molecular complexity index is 561. The van der Waals surface area contributed by atoms with Crippen molar-refractivity contribution in [3.05, 3.63) is 46.4 Å². The van der Waals surface area contributed by atoms with E-state index in [1.54, 1.807) is 0 Å². The van der Waals surface area contributed by atoms with Gasteiger partial charge in [-0.1, -0.05) is 19.9 Å². The Balaban J connectivity index is 1.81. The third-order valence-electron chi connectivity index (χ3n) is 3.78. The highest BCUT2D eigenvalue weighted by atomic mass is 32.1. The van der Waals surface area contributed by atoms with E-state index in [4.69, 9.17) is 0 Å². The standard InChI is InChI=1S/C17H23N3S/c1-13(2)19-11-14-10-18-8-7-17(14)20(15-5-6-15)12-16-4-3-9-21-16/h3-4,7-10,13,15,19H,5-6,11-12H2,1-2H3. The minimum atomic E-state index is 0.490. The molecule has 0 atom stereocenters. The van der Waals surface area contributed by atoms with Crippen LogP contribution >= 0.6 is 11.3 Å². The van der Waals surface area contributed by atoms with E-state index >= 15 is 0 Å². The van der Waals surface area contributed by atoms with Crippen LogP contribution in [-0.2, 0) is 13.1 Å². The molecule has 2 aromatic heterocycles. The molecule has 1 saturated carbocycles. The molecule has 0 bridgehead atoms. The Labute approximate surface area is 131 Å². The summed E-state index contributed by atoms with van der Waals surface area (Å²) in [6.07, 6.45) is 6.54. The van der Waals surface area contributed by atoms with E-state index in [1.807, 2.05) is 23.7 Å². The zero-order chi connectivity index (χ0) is 14.7. The molecule has 1 aliphatic rings. The highest BCUT2D eigenvalue weighted by Crippen LogP contribution is 2.35. The van der Waals surface area contributed by atoms with E-state index in [1.165, 1.54) is 29.0 Å². The van der Waals surface area contributed by atoms with Crippen molar-refractivity contribution < 1.29 is 0 Å².